The van der Waals surface area contributed by atoms with Crippen LogP contribution in [0.4, 0.5) is 5.69 Å². The zero-order valence-corrected chi connectivity index (χ0v) is 15.2. The Kier molecular flexibility index (Phi) is 3.43. The monoisotopic (exact) mass is 404 g/mol. The van der Waals surface area contributed by atoms with Crippen LogP contribution in [0.3, 0.4) is 0 Å². The molecule has 5 rings (SSSR count). The molecule has 2 aromatic carbocycles. The van der Waals surface area contributed by atoms with Gasteiger partial charge >= 0.3 is 0 Å². The lowest BCUT2D eigenvalue weighted by Crippen LogP contribution is -2.06. The maximum atomic E-state index is 12.7. The zero-order chi connectivity index (χ0) is 17.7. The molecule has 1 N–H and O–H groups in total. The third kappa shape index (κ3) is 2.21. The summed E-state index contributed by atoms with van der Waals surface area (Å²) in [6.45, 7) is 0. The predicted octanol–water partition coefficient (Wildman–Crippen LogP) is 4.78. The number of benzene rings is 2. The number of para-hydroxylation sites is 1. The standard InChI is InChI=1S/C21H13BrN2O2/c22-15-11-23-10-14-17(15)19(12-6-2-1-3-7-12)26-20(14)18-13-8-4-5-9-16(13)24-21(18)25/h1-11,19H,(H,24,25)/b20-18+. The van der Waals surface area contributed by atoms with E-state index in [4.69, 9.17) is 4.74 Å². The lowest BCUT2D eigenvalue weighted by Gasteiger charge is -2.13. The van der Waals surface area contributed by atoms with E-state index < -0.39 is 0 Å². The Morgan fingerprint density at radius 1 is 0.962 bits per heavy atom. The van der Waals surface area contributed by atoms with Crippen molar-refractivity contribution >= 4 is 38.9 Å². The molecule has 4 nitrogen and oxygen atoms in total. The molecule has 1 atom stereocenters. The molecule has 0 aliphatic carbocycles. The van der Waals surface area contributed by atoms with Gasteiger partial charge in [-0.15, -0.1) is 0 Å². The van der Waals surface area contributed by atoms with E-state index in [2.05, 4.69) is 26.2 Å². The molecule has 1 amide bonds. The van der Waals surface area contributed by atoms with Gasteiger partial charge in [0.1, 0.15) is 5.76 Å². The van der Waals surface area contributed by atoms with Gasteiger partial charge in [-0.25, -0.2) is 0 Å². The van der Waals surface area contributed by atoms with Gasteiger partial charge in [-0.05, 0) is 27.6 Å². The Morgan fingerprint density at radius 2 is 1.73 bits per heavy atom. The molecule has 3 aromatic rings. The minimum absolute atomic E-state index is 0.152. The van der Waals surface area contributed by atoms with Crippen LogP contribution in [0.15, 0.2) is 71.5 Å². The van der Waals surface area contributed by atoms with Gasteiger partial charge in [-0.1, -0.05) is 48.5 Å². The summed E-state index contributed by atoms with van der Waals surface area (Å²) < 4.78 is 7.23. The average Bonchev–Trinajstić information content (AvgIpc) is 3.20. The molecular formula is C21H13BrN2O2. The number of hydrogen-bond acceptors (Lipinski definition) is 3. The quantitative estimate of drug-likeness (QED) is 0.593. The smallest absolute Gasteiger partial charge is 0.260 e. The Balaban J connectivity index is 1.76. The topological polar surface area (TPSA) is 51.2 Å². The highest BCUT2D eigenvalue weighted by molar-refractivity contribution is 9.10. The van der Waals surface area contributed by atoms with Crippen LogP contribution >= 0.6 is 15.9 Å². The second-order valence-corrected chi connectivity index (χ2v) is 7.05. The van der Waals surface area contributed by atoms with Gasteiger partial charge in [0.25, 0.3) is 5.91 Å². The number of hydrogen-bond donors (Lipinski definition) is 1. The maximum absolute atomic E-state index is 12.7. The van der Waals surface area contributed by atoms with E-state index in [0.29, 0.717) is 11.3 Å². The summed E-state index contributed by atoms with van der Waals surface area (Å²) in [6, 6.07) is 17.6. The first kappa shape index (κ1) is 15.3. The number of carbonyl (C=O) groups excluding carboxylic acids is 1. The predicted molar refractivity (Wildman–Crippen MR) is 103 cm³/mol. The number of pyridine rings is 1. The molecule has 0 radical (unpaired) electrons. The molecule has 26 heavy (non-hydrogen) atoms. The average molecular weight is 405 g/mol. The van der Waals surface area contributed by atoms with Crippen molar-refractivity contribution in [3.8, 4) is 0 Å². The van der Waals surface area contributed by atoms with Crippen LogP contribution in [0, 0.1) is 0 Å². The van der Waals surface area contributed by atoms with E-state index in [1.165, 1.54) is 0 Å². The van der Waals surface area contributed by atoms with Crippen molar-refractivity contribution in [3.05, 3.63) is 93.7 Å². The van der Waals surface area contributed by atoms with E-state index in [0.717, 1.165) is 32.4 Å². The van der Waals surface area contributed by atoms with Gasteiger partial charge in [0.15, 0.2) is 6.10 Å². The summed E-state index contributed by atoms with van der Waals surface area (Å²) >= 11 is 3.60. The molecule has 2 aliphatic rings. The van der Waals surface area contributed by atoms with Gasteiger partial charge in [0, 0.05) is 39.2 Å². The Hall–Kier alpha value is -2.92. The third-order valence-electron chi connectivity index (χ3n) is 4.68. The van der Waals surface area contributed by atoms with Crippen LogP contribution < -0.4 is 5.32 Å². The van der Waals surface area contributed by atoms with Gasteiger partial charge in [-0.3, -0.25) is 9.78 Å². The van der Waals surface area contributed by atoms with E-state index in [1.807, 2.05) is 54.6 Å². The minimum Gasteiger partial charge on any atom is -0.479 e. The number of anilines is 1. The van der Waals surface area contributed by atoms with Gasteiger partial charge in [0.2, 0.25) is 0 Å². The number of nitrogens with one attached hydrogen (secondary N) is 1. The van der Waals surface area contributed by atoms with Crippen molar-refractivity contribution in [3.63, 3.8) is 0 Å². The summed E-state index contributed by atoms with van der Waals surface area (Å²) in [6.07, 6.45) is 3.24. The number of fused-ring (bicyclic) bond motifs is 2. The number of nitrogens with zero attached hydrogens (tertiary/aromatic N) is 1. The number of carbonyl (C=O) groups is 1. The fraction of sp³-hybridized carbons (Fsp3) is 0.0476. The molecule has 0 spiro atoms. The minimum atomic E-state index is -0.286. The molecule has 1 unspecified atom stereocenters. The van der Waals surface area contributed by atoms with Crippen molar-refractivity contribution in [2.75, 3.05) is 5.32 Å². The lowest BCUT2D eigenvalue weighted by molar-refractivity contribution is -0.110. The van der Waals surface area contributed by atoms with E-state index in [1.54, 1.807) is 12.4 Å². The number of halogens is 1. The third-order valence-corrected chi connectivity index (χ3v) is 5.31. The molecule has 0 saturated heterocycles. The van der Waals surface area contributed by atoms with Crippen molar-refractivity contribution in [1.29, 1.82) is 0 Å². The van der Waals surface area contributed by atoms with Gasteiger partial charge in [0.05, 0.1) is 5.57 Å². The van der Waals surface area contributed by atoms with Gasteiger partial charge in [-0.2, -0.15) is 0 Å². The number of ether oxygens (including phenoxy) is 1. The first-order chi connectivity index (χ1) is 12.7. The van der Waals surface area contributed by atoms with Crippen LogP contribution in [0.2, 0.25) is 0 Å². The first-order valence-electron chi connectivity index (χ1n) is 8.24. The molecular weight excluding hydrogens is 392 g/mol. The summed E-state index contributed by atoms with van der Waals surface area (Å²) in [7, 11) is 0. The van der Waals surface area contributed by atoms with E-state index in [9.17, 15) is 4.79 Å². The second kappa shape index (κ2) is 5.81. The SMILES string of the molecule is O=C1Nc2ccccc2/C1=C1\OC(c2ccccc2)c2c(Br)cncc21. The lowest BCUT2D eigenvalue weighted by atomic mass is 9.98. The van der Waals surface area contributed by atoms with E-state index in [-0.39, 0.29) is 12.0 Å². The Morgan fingerprint density at radius 3 is 2.58 bits per heavy atom. The van der Waals surface area contributed by atoms with Crippen LogP contribution in [-0.2, 0) is 9.53 Å². The molecule has 3 heterocycles. The summed E-state index contributed by atoms with van der Waals surface area (Å²) in [4.78, 5) is 17.0. The molecule has 126 valence electrons. The highest BCUT2D eigenvalue weighted by Gasteiger charge is 2.38. The maximum Gasteiger partial charge on any atom is 0.260 e. The number of amides is 1. The molecule has 0 fully saturated rings. The fourth-order valence-electron chi connectivity index (χ4n) is 3.53. The van der Waals surface area contributed by atoms with Crippen molar-refractivity contribution in [2.45, 2.75) is 6.10 Å². The normalized spacial score (nSPS) is 20.3. The summed E-state index contributed by atoms with van der Waals surface area (Å²) in [5, 5.41) is 2.92. The molecule has 5 heteroatoms. The molecule has 0 bridgehead atoms. The van der Waals surface area contributed by atoms with Crippen LogP contribution in [-0.4, -0.2) is 10.9 Å². The Bertz CT molecular complexity index is 1080. The highest BCUT2D eigenvalue weighted by atomic mass is 79.9. The Labute approximate surface area is 158 Å². The molecule has 0 saturated carbocycles. The van der Waals surface area contributed by atoms with Crippen molar-refractivity contribution < 1.29 is 9.53 Å². The summed E-state index contributed by atoms with van der Waals surface area (Å²) in [5.74, 6) is 0.422. The van der Waals surface area contributed by atoms with Crippen LogP contribution in [0.5, 0.6) is 0 Å². The highest BCUT2D eigenvalue weighted by Crippen LogP contribution is 2.49. The number of rotatable bonds is 1. The van der Waals surface area contributed by atoms with Gasteiger partial charge < -0.3 is 10.1 Å². The van der Waals surface area contributed by atoms with Crippen molar-refractivity contribution in [1.82, 2.24) is 4.98 Å². The van der Waals surface area contributed by atoms with Crippen LogP contribution in [0.25, 0.3) is 11.3 Å². The number of aromatic nitrogens is 1. The fourth-order valence-corrected chi connectivity index (χ4v) is 4.07. The molecule has 2 aliphatic heterocycles. The summed E-state index contributed by atoms with van der Waals surface area (Å²) in [5.41, 5.74) is 5.08. The first-order valence-corrected chi connectivity index (χ1v) is 9.04. The van der Waals surface area contributed by atoms with Crippen LogP contribution in [0.1, 0.15) is 28.4 Å². The second-order valence-electron chi connectivity index (χ2n) is 6.19. The zero-order valence-electron chi connectivity index (χ0n) is 13.6. The van der Waals surface area contributed by atoms with Crippen molar-refractivity contribution in [2.24, 2.45) is 0 Å². The largest absolute Gasteiger partial charge is 0.479 e. The van der Waals surface area contributed by atoms with E-state index >= 15 is 0 Å². The molecule has 1 aromatic heterocycles.